The number of carbonyl (C=O) groups excluding carboxylic acids is 2. The number of aromatic nitrogens is 1. The van der Waals surface area contributed by atoms with E-state index in [9.17, 15) is 14.4 Å². The Kier molecular flexibility index (Phi) is 5.69. The van der Waals surface area contributed by atoms with Crippen molar-refractivity contribution < 1.29 is 9.59 Å². The molecule has 0 saturated heterocycles. The normalized spacial score (nSPS) is 10.5. The minimum atomic E-state index is -0.267. The smallest absolute Gasteiger partial charge is 0.255 e. The molecule has 6 nitrogen and oxygen atoms in total. The molecule has 0 aliphatic heterocycles. The van der Waals surface area contributed by atoms with Gasteiger partial charge in [-0.2, -0.15) is 0 Å². The third kappa shape index (κ3) is 4.17. The summed E-state index contributed by atoms with van der Waals surface area (Å²) in [5.74, 6) is -0.518. The molecule has 0 radical (unpaired) electrons. The third-order valence-electron chi connectivity index (χ3n) is 4.51. The van der Waals surface area contributed by atoms with Crippen molar-refractivity contribution in [1.82, 2.24) is 15.2 Å². The van der Waals surface area contributed by atoms with Crippen LogP contribution in [0, 0.1) is 0 Å². The number of nitrogens with one attached hydrogen (secondary N) is 2. The number of rotatable bonds is 6. The average Bonchev–Trinajstić information content (AvgIpc) is 2.73. The van der Waals surface area contributed by atoms with Crippen LogP contribution in [0.5, 0.6) is 0 Å². The summed E-state index contributed by atoms with van der Waals surface area (Å²) in [6.07, 6.45) is 1.21. The molecule has 0 spiro atoms. The molecule has 2 N–H and O–H groups in total. The number of fused-ring (bicyclic) bond motifs is 1. The van der Waals surface area contributed by atoms with Crippen molar-refractivity contribution in [2.24, 2.45) is 7.05 Å². The number of nitrogens with zero attached hydrogens (tertiary/aromatic N) is 1. The second-order valence-electron chi connectivity index (χ2n) is 6.39. The molecular weight excluding hydrogens is 354 g/mol. The fourth-order valence-electron chi connectivity index (χ4n) is 2.93. The van der Waals surface area contributed by atoms with Gasteiger partial charge in [-0.3, -0.25) is 14.4 Å². The van der Waals surface area contributed by atoms with Gasteiger partial charge in [0.05, 0.1) is 5.52 Å². The van der Waals surface area contributed by atoms with Crippen molar-refractivity contribution >= 4 is 22.7 Å². The summed E-state index contributed by atoms with van der Waals surface area (Å²) in [7, 11) is 1.72. The van der Waals surface area contributed by atoms with Crippen LogP contribution in [0.1, 0.15) is 21.5 Å². The van der Waals surface area contributed by atoms with E-state index in [0.29, 0.717) is 17.7 Å². The van der Waals surface area contributed by atoms with Crippen LogP contribution >= 0.6 is 0 Å². The fraction of sp³-hybridized carbons (Fsp3) is 0.136. The van der Waals surface area contributed by atoms with Gasteiger partial charge in [0.1, 0.15) is 0 Å². The first-order chi connectivity index (χ1) is 13.5. The molecule has 3 aromatic rings. The molecule has 0 unspecified atom stereocenters. The number of aryl methyl sites for hydroxylation is 1. The predicted molar refractivity (Wildman–Crippen MR) is 109 cm³/mol. The highest BCUT2D eigenvalue weighted by atomic mass is 16.2. The standard InChI is InChI=1S/C22H21N3O3/c1-3-20(26)23-13-15-8-10-16(11-9-15)21(27)24-14-18-12-17-6-4-5-7-19(17)25(2)22(18)28/h3-12H,1,13-14H2,2H3,(H,23,26)(H,24,27). The van der Waals surface area contributed by atoms with Gasteiger partial charge >= 0.3 is 0 Å². The van der Waals surface area contributed by atoms with Gasteiger partial charge in [-0.05, 0) is 41.3 Å². The van der Waals surface area contributed by atoms with Crippen molar-refractivity contribution in [3.63, 3.8) is 0 Å². The minimum Gasteiger partial charge on any atom is -0.348 e. The molecule has 0 aliphatic rings. The van der Waals surface area contributed by atoms with Crippen molar-refractivity contribution in [2.45, 2.75) is 13.1 Å². The van der Waals surface area contributed by atoms with Crippen LogP contribution in [0.2, 0.25) is 0 Å². The highest BCUT2D eigenvalue weighted by Gasteiger charge is 2.10. The van der Waals surface area contributed by atoms with Crippen LogP contribution in [0.3, 0.4) is 0 Å². The lowest BCUT2D eigenvalue weighted by atomic mass is 10.1. The molecule has 2 aromatic carbocycles. The van der Waals surface area contributed by atoms with Crippen molar-refractivity contribution in [1.29, 1.82) is 0 Å². The zero-order valence-electron chi connectivity index (χ0n) is 15.6. The Morgan fingerprint density at radius 2 is 1.75 bits per heavy atom. The first-order valence-electron chi connectivity index (χ1n) is 8.84. The zero-order valence-corrected chi connectivity index (χ0v) is 15.6. The van der Waals surface area contributed by atoms with Gasteiger partial charge < -0.3 is 15.2 Å². The summed E-state index contributed by atoms with van der Waals surface area (Å²) in [4.78, 5) is 36.1. The maximum absolute atomic E-state index is 12.5. The molecule has 2 amide bonds. The van der Waals surface area contributed by atoms with Crippen molar-refractivity contribution in [3.8, 4) is 0 Å². The Bertz CT molecular complexity index is 1100. The largest absolute Gasteiger partial charge is 0.348 e. The number of amides is 2. The first-order valence-corrected chi connectivity index (χ1v) is 8.84. The van der Waals surface area contributed by atoms with Gasteiger partial charge in [0.15, 0.2) is 0 Å². The van der Waals surface area contributed by atoms with E-state index >= 15 is 0 Å². The van der Waals surface area contributed by atoms with Gasteiger partial charge in [0.25, 0.3) is 11.5 Å². The monoisotopic (exact) mass is 375 g/mol. The molecule has 0 saturated carbocycles. The number of hydrogen-bond donors (Lipinski definition) is 2. The van der Waals surface area contributed by atoms with Gasteiger partial charge in [0, 0.05) is 31.3 Å². The number of carbonyl (C=O) groups is 2. The number of para-hydroxylation sites is 1. The van der Waals surface area contributed by atoms with E-state index in [4.69, 9.17) is 0 Å². The third-order valence-corrected chi connectivity index (χ3v) is 4.51. The van der Waals surface area contributed by atoms with E-state index < -0.39 is 0 Å². The molecule has 0 fully saturated rings. The van der Waals surface area contributed by atoms with Gasteiger partial charge in [-0.25, -0.2) is 0 Å². The highest BCUT2D eigenvalue weighted by Crippen LogP contribution is 2.12. The molecule has 0 bridgehead atoms. The Labute approximate surface area is 162 Å². The average molecular weight is 375 g/mol. The van der Waals surface area contributed by atoms with Crippen LogP contribution in [0.4, 0.5) is 0 Å². The summed E-state index contributed by atoms with van der Waals surface area (Å²) in [5.41, 5.74) is 2.60. The molecule has 0 aliphatic carbocycles. The van der Waals surface area contributed by atoms with Gasteiger partial charge in [-0.15, -0.1) is 0 Å². The van der Waals surface area contributed by atoms with E-state index in [0.717, 1.165) is 16.5 Å². The lowest BCUT2D eigenvalue weighted by molar-refractivity contribution is -0.116. The molecular formula is C22H21N3O3. The number of benzene rings is 2. The number of hydrogen-bond acceptors (Lipinski definition) is 3. The summed E-state index contributed by atoms with van der Waals surface area (Å²) in [6.45, 7) is 3.90. The van der Waals surface area contributed by atoms with Crippen LogP contribution in [0.25, 0.3) is 10.9 Å². The van der Waals surface area contributed by atoms with Crippen LogP contribution in [-0.2, 0) is 24.9 Å². The highest BCUT2D eigenvalue weighted by molar-refractivity contribution is 5.94. The topological polar surface area (TPSA) is 80.2 Å². The molecule has 28 heavy (non-hydrogen) atoms. The maximum atomic E-state index is 12.5. The first kappa shape index (κ1) is 19.1. The van der Waals surface area contributed by atoms with E-state index in [1.165, 1.54) is 6.08 Å². The SMILES string of the molecule is C=CC(=O)NCc1ccc(C(=O)NCc2cc3ccccc3n(C)c2=O)cc1. The van der Waals surface area contributed by atoms with Crippen LogP contribution in [0.15, 0.2) is 72.0 Å². The lowest BCUT2D eigenvalue weighted by Crippen LogP contribution is -2.29. The van der Waals surface area contributed by atoms with Crippen molar-refractivity contribution in [2.75, 3.05) is 0 Å². The summed E-state index contributed by atoms with van der Waals surface area (Å²) in [5, 5.41) is 6.41. The number of pyridine rings is 1. The predicted octanol–water partition coefficient (Wildman–Crippen LogP) is 2.27. The zero-order chi connectivity index (χ0) is 20.1. The summed E-state index contributed by atoms with van der Waals surface area (Å²) < 4.78 is 1.59. The van der Waals surface area contributed by atoms with Crippen molar-refractivity contribution in [3.05, 3.63) is 94.3 Å². The molecule has 3 rings (SSSR count). The quantitative estimate of drug-likeness (QED) is 0.649. The second kappa shape index (κ2) is 8.35. The van der Waals surface area contributed by atoms with Crippen LogP contribution < -0.4 is 16.2 Å². The molecule has 1 heterocycles. The maximum Gasteiger partial charge on any atom is 0.255 e. The molecule has 0 atom stereocenters. The lowest BCUT2D eigenvalue weighted by Gasteiger charge is -2.10. The van der Waals surface area contributed by atoms with E-state index in [-0.39, 0.29) is 23.9 Å². The van der Waals surface area contributed by atoms with Crippen LogP contribution in [-0.4, -0.2) is 16.4 Å². The summed E-state index contributed by atoms with van der Waals surface area (Å²) >= 11 is 0. The minimum absolute atomic E-state index is 0.132. The van der Waals surface area contributed by atoms with E-state index in [1.807, 2.05) is 30.3 Å². The fourth-order valence-corrected chi connectivity index (χ4v) is 2.93. The second-order valence-corrected chi connectivity index (χ2v) is 6.39. The Balaban J connectivity index is 1.68. The van der Waals surface area contributed by atoms with E-state index in [1.54, 1.807) is 35.9 Å². The Morgan fingerprint density at radius 1 is 1.04 bits per heavy atom. The van der Waals surface area contributed by atoms with Gasteiger partial charge in [0.2, 0.25) is 5.91 Å². The van der Waals surface area contributed by atoms with Gasteiger partial charge in [-0.1, -0.05) is 36.9 Å². The molecule has 1 aromatic heterocycles. The summed E-state index contributed by atoms with van der Waals surface area (Å²) in [6, 6.07) is 16.3. The Morgan fingerprint density at radius 3 is 2.46 bits per heavy atom. The molecule has 142 valence electrons. The molecule has 6 heteroatoms. The van der Waals surface area contributed by atoms with E-state index in [2.05, 4.69) is 17.2 Å². The Hall–Kier alpha value is -3.67.